The molecule has 0 amide bonds. The zero-order valence-corrected chi connectivity index (χ0v) is 12.7. The van der Waals surface area contributed by atoms with E-state index in [9.17, 15) is 0 Å². The monoisotopic (exact) mass is 310 g/mol. The second-order valence-electron chi connectivity index (χ2n) is 4.24. The van der Waals surface area contributed by atoms with Gasteiger partial charge in [0.05, 0.1) is 6.10 Å². The van der Waals surface area contributed by atoms with Gasteiger partial charge in [-0.1, -0.05) is 30.3 Å². The van der Waals surface area contributed by atoms with Crippen LogP contribution in [0.2, 0.25) is 0 Å². The van der Waals surface area contributed by atoms with E-state index < -0.39 is 0 Å². The first-order valence-corrected chi connectivity index (χ1v) is 5.91. The quantitative estimate of drug-likeness (QED) is 0.877. The lowest BCUT2D eigenvalue weighted by molar-refractivity contribution is 0.0512. The molecule has 1 saturated heterocycles. The number of halogens is 2. The average Bonchev–Trinajstić information content (AvgIpc) is 2.38. The van der Waals surface area contributed by atoms with E-state index in [2.05, 4.69) is 34.9 Å². The highest BCUT2D eigenvalue weighted by Gasteiger charge is 2.23. The SMILES string of the molecule is CO[C@@H]1CNCC[C@@H]1NCc1ccccc1.Cl.Cl.O. The first-order chi connectivity index (χ1) is 7.90. The molecule has 0 aromatic heterocycles. The Kier molecular flexibility index (Phi) is 12.6. The summed E-state index contributed by atoms with van der Waals surface area (Å²) in [6.45, 7) is 2.95. The van der Waals surface area contributed by atoms with Crippen molar-refractivity contribution in [1.29, 1.82) is 0 Å². The van der Waals surface area contributed by atoms with E-state index in [0.29, 0.717) is 6.04 Å². The van der Waals surface area contributed by atoms with Gasteiger partial charge in [0.2, 0.25) is 0 Å². The lowest BCUT2D eigenvalue weighted by Gasteiger charge is -2.31. The molecule has 1 heterocycles. The van der Waals surface area contributed by atoms with Crippen LogP contribution in [0.15, 0.2) is 30.3 Å². The molecule has 2 rings (SSSR count). The molecule has 0 aliphatic carbocycles. The van der Waals surface area contributed by atoms with Crippen LogP contribution in [-0.2, 0) is 11.3 Å². The summed E-state index contributed by atoms with van der Waals surface area (Å²) in [6, 6.07) is 11.0. The van der Waals surface area contributed by atoms with Crippen LogP contribution >= 0.6 is 24.8 Å². The maximum Gasteiger partial charge on any atom is 0.0848 e. The lowest BCUT2D eigenvalue weighted by Crippen LogP contribution is -2.51. The van der Waals surface area contributed by atoms with Crippen LogP contribution in [-0.4, -0.2) is 37.8 Å². The van der Waals surface area contributed by atoms with Gasteiger partial charge in [-0.15, -0.1) is 24.8 Å². The molecule has 1 aromatic carbocycles. The van der Waals surface area contributed by atoms with Crippen LogP contribution in [0.5, 0.6) is 0 Å². The molecular weight excluding hydrogens is 287 g/mol. The van der Waals surface area contributed by atoms with Gasteiger partial charge in [-0.25, -0.2) is 0 Å². The van der Waals surface area contributed by atoms with E-state index in [0.717, 1.165) is 26.1 Å². The smallest absolute Gasteiger partial charge is 0.0848 e. The summed E-state index contributed by atoms with van der Waals surface area (Å²) in [6.07, 6.45) is 1.42. The minimum absolute atomic E-state index is 0. The zero-order chi connectivity index (χ0) is 11.2. The highest BCUT2D eigenvalue weighted by molar-refractivity contribution is 5.85. The average molecular weight is 311 g/mol. The van der Waals surface area contributed by atoms with Crippen LogP contribution < -0.4 is 10.6 Å². The Bertz CT molecular complexity index is 315. The maximum atomic E-state index is 5.47. The van der Waals surface area contributed by atoms with E-state index in [-0.39, 0.29) is 36.4 Å². The first kappa shape index (κ1) is 20.9. The van der Waals surface area contributed by atoms with Crippen molar-refractivity contribution in [3.8, 4) is 0 Å². The van der Waals surface area contributed by atoms with E-state index in [1.807, 2.05) is 6.07 Å². The Balaban J connectivity index is 0. The molecule has 19 heavy (non-hydrogen) atoms. The molecular formula is C13H24Cl2N2O2. The van der Waals surface area contributed by atoms with Gasteiger partial charge >= 0.3 is 0 Å². The summed E-state index contributed by atoms with van der Waals surface area (Å²) in [5.74, 6) is 0. The molecule has 6 heteroatoms. The molecule has 1 fully saturated rings. The summed E-state index contributed by atoms with van der Waals surface area (Å²) >= 11 is 0. The fourth-order valence-electron chi connectivity index (χ4n) is 2.16. The molecule has 2 atom stereocenters. The van der Waals surface area contributed by atoms with Gasteiger partial charge in [-0.3, -0.25) is 0 Å². The van der Waals surface area contributed by atoms with E-state index in [1.54, 1.807) is 7.11 Å². The van der Waals surface area contributed by atoms with Crippen molar-refractivity contribution in [2.24, 2.45) is 0 Å². The molecule has 0 saturated carbocycles. The summed E-state index contributed by atoms with van der Waals surface area (Å²) in [7, 11) is 1.79. The Morgan fingerprint density at radius 3 is 2.58 bits per heavy atom. The minimum atomic E-state index is 0. The van der Waals surface area contributed by atoms with Crippen LogP contribution in [0.25, 0.3) is 0 Å². The largest absolute Gasteiger partial charge is 0.412 e. The number of ether oxygens (including phenoxy) is 1. The fraction of sp³-hybridized carbons (Fsp3) is 0.538. The minimum Gasteiger partial charge on any atom is -0.412 e. The maximum absolute atomic E-state index is 5.47. The number of hydrogen-bond acceptors (Lipinski definition) is 3. The Hall–Kier alpha value is -0.360. The zero-order valence-electron chi connectivity index (χ0n) is 11.1. The molecule has 0 radical (unpaired) electrons. The second-order valence-corrected chi connectivity index (χ2v) is 4.24. The molecule has 1 aliphatic heterocycles. The molecule has 112 valence electrons. The third-order valence-electron chi connectivity index (χ3n) is 3.14. The predicted molar refractivity (Wildman–Crippen MR) is 83.5 cm³/mol. The van der Waals surface area contributed by atoms with Crippen molar-refractivity contribution in [1.82, 2.24) is 10.6 Å². The van der Waals surface area contributed by atoms with Crippen LogP contribution in [0.3, 0.4) is 0 Å². The fourth-order valence-corrected chi connectivity index (χ4v) is 2.16. The van der Waals surface area contributed by atoms with Crippen LogP contribution in [0.4, 0.5) is 0 Å². The van der Waals surface area contributed by atoms with Crippen molar-refractivity contribution in [2.75, 3.05) is 20.2 Å². The van der Waals surface area contributed by atoms with Gasteiger partial charge in [0.25, 0.3) is 0 Å². The number of nitrogens with one attached hydrogen (secondary N) is 2. The van der Waals surface area contributed by atoms with Gasteiger partial charge < -0.3 is 20.8 Å². The molecule has 4 nitrogen and oxygen atoms in total. The van der Waals surface area contributed by atoms with Gasteiger partial charge in [-0.05, 0) is 18.5 Å². The molecule has 0 unspecified atom stereocenters. The summed E-state index contributed by atoms with van der Waals surface area (Å²) < 4.78 is 5.47. The molecule has 4 N–H and O–H groups in total. The number of benzene rings is 1. The van der Waals surface area contributed by atoms with E-state index in [1.165, 1.54) is 5.56 Å². The Morgan fingerprint density at radius 2 is 1.95 bits per heavy atom. The first-order valence-electron chi connectivity index (χ1n) is 5.91. The number of rotatable bonds is 4. The number of piperidine rings is 1. The second kappa shape index (κ2) is 11.5. The Morgan fingerprint density at radius 1 is 1.26 bits per heavy atom. The van der Waals surface area contributed by atoms with Crippen molar-refractivity contribution in [3.05, 3.63) is 35.9 Å². The molecule has 1 aromatic rings. The molecule has 0 spiro atoms. The van der Waals surface area contributed by atoms with Gasteiger partial charge in [0.1, 0.15) is 0 Å². The third kappa shape index (κ3) is 6.56. The lowest BCUT2D eigenvalue weighted by atomic mass is 10.0. The van der Waals surface area contributed by atoms with Crippen molar-refractivity contribution >= 4 is 24.8 Å². The highest BCUT2D eigenvalue weighted by Crippen LogP contribution is 2.08. The topological polar surface area (TPSA) is 64.8 Å². The molecule has 0 bridgehead atoms. The predicted octanol–water partition coefficient (Wildman–Crippen LogP) is 1.17. The summed E-state index contributed by atoms with van der Waals surface area (Å²) in [5.41, 5.74) is 1.33. The van der Waals surface area contributed by atoms with E-state index in [4.69, 9.17) is 4.74 Å². The van der Waals surface area contributed by atoms with Gasteiger partial charge in [0.15, 0.2) is 0 Å². The third-order valence-corrected chi connectivity index (χ3v) is 3.14. The Labute approximate surface area is 127 Å². The van der Waals surface area contributed by atoms with Crippen LogP contribution in [0, 0.1) is 0 Å². The van der Waals surface area contributed by atoms with Crippen molar-refractivity contribution in [3.63, 3.8) is 0 Å². The van der Waals surface area contributed by atoms with Gasteiger partial charge in [0, 0.05) is 26.2 Å². The number of methoxy groups -OCH3 is 1. The normalized spacial score (nSPS) is 21.5. The standard InChI is InChI=1S/C13H20N2O.2ClH.H2O/c1-16-13-10-14-8-7-12(13)15-9-11-5-3-2-4-6-11;;;/h2-6,12-15H,7-10H2,1H3;2*1H;1H2/t12-,13+;;;/m0.../s1. The summed E-state index contributed by atoms with van der Waals surface area (Å²) in [4.78, 5) is 0. The van der Waals surface area contributed by atoms with Crippen molar-refractivity contribution in [2.45, 2.75) is 25.1 Å². The molecule has 1 aliphatic rings. The van der Waals surface area contributed by atoms with Gasteiger partial charge in [-0.2, -0.15) is 0 Å². The van der Waals surface area contributed by atoms with Crippen LogP contribution in [0.1, 0.15) is 12.0 Å². The highest BCUT2D eigenvalue weighted by atomic mass is 35.5. The van der Waals surface area contributed by atoms with Crippen molar-refractivity contribution < 1.29 is 10.2 Å². The van der Waals surface area contributed by atoms with E-state index >= 15 is 0 Å². The summed E-state index contributed by atoms with van der Waals surface area (Å²) in [5, 5.41) is 6.92. The number of hydrogen-bond donors (Lipinski definition) is 2.